The van der Waals surface area contributed by atoms with E-state index in [4.69, 9.17) is 11.6 Å². The molecule has 1 unspecified atom stereocenters. The van der Waals surface area contributed by atoms with E-state index in [0.29, 0.717) is 27.3 Å². The van der Waals surface area contributed by atoms with Crippen LogP contribution in [-0.4, -0.2) is 27.7 Å². The van der Waals surface area contributed by atoms with Crippen LogP contribution in [0.25, 0.3) is 11.1 Å². The quantitative estimate of drug-likeness (QED) is 0.536. The molecule has 3 aromatic rings. The zero-order valence-electron chi connectivity index (χ0n) is 15.7. The van der Waals surface area contributed by atoms with Crippen LogP contribution < -0.4 is 5.32 Å². The lowest BCUT2D eigenvalue weighted by Crippen LogP contribution is -2.31. The third-order valence-electron chi connectivity index (χ3n) is 4.64. The third-order valence-corrected chi connectivity index (χ3v) is 4.88. The van der Waals surface area contributed by atoms with Crippen molar-refractivity contribution < 1.29 is 19.4 Å². The minimum Gasteiger partial charge on any atom is -0.394 e. The Morgan fingerprint density at radius 3 is 2.69 bits per heavy atom. The van der Waals surface area contributed by atoms with Crippen molar-refractivity contribution in [3.8, 4) is 11.1 Å². The van der Waals surface area contributed by atoms with Crippen LogP contribution in [-0.2, 0) is 6.61 Å². The van der Waals surface area contributed by atoms with Crippen molar-refractivity contribution in [1.82, 2.24) is 10.3 Å². The second-order valence-electron chi connectivity index (χ2n) is 6.62. The number of aryl methyl sites for hydroxylation is 1. The molecule has 0 aliphatic carbocycles. The summed E-state index contributed by atoms with van der Waals surface area (Å²) in [6.45, 7) is 1.12. The molecule has 0 spiro atoms. The number of halogens is 2. The molecule has 3 rings (SSSR count). The molecule has 1 aromatic heterocycles. The number of rotatable bonds is 6. The van der Waals surface area contributed by atoms with Gasteiger partial charge in [0.15, 0.2) is 0 Å². The number of benzene rings is 2. The minimum absolute atomic E-state index is 0.268. The van der Waals surface area contributed by atoms with E-state index in [1.807, 2.05) is 0 Å². The third kappa shape index (κ3) is 4.79. The largest absolute Gasteiger partial charge is 0.394 e. The Morgan fingerprint density at radius 1 is 1.21 bits per heavy atom. The lowest BCUT2D eigenvalue weighted by molar-refractivity contribution is 0.0913. The van der Waals surface area contributed by atoms with E-state index < -0.39 is 17.9 Å². The van der Waals surface area contributed by atoms with Gasteiger partial charge < -0.3 is 15.5 Å². The fourth-order valence-corrected chi connectivity index (χ4v) is 3.32. The van der Waals surface area contributed by atoms with Gasteiger partial charge in [-0.25, -0.2) is 4.98 Å². The fourth-order valence-electron chi connectivity index (χ4n) is 3.12. The standard InChI is InChI=1S/C22H20ClFN2O3/c1-13-10-25-21(24)9-19(13)14-5-6-18(16(7-14)11-27)22(29)26-20(12-28)15-3-2-4-17(23)8-15/h2-10,20,27-28H,11-12H2,1H3,(H,26,29). The molecule has 150 valence electrons. The molecular formula is C22H20ClFN2O3. The van der Waals surface area contributed by atoms with Gasteiger partial charge in [0, 0.05) is 22.8 Å². The number of aromatic nitrogens is 1. The van der Waals surface area contributed by atoms with Gasteiger partial charge in [-0.05, 0) is 59.0 Å². The van der Waals surface area contributed by atoms with E-state index in [1.54, 1.807) is 49.4 Å². The smallest absolute Gasteiger partial charge is 0.252 e. The van der Waals surface area contributed by atoms with Crippen molar-refractivity contribution in [1.29, 1.82) is 0 Å². The van der Waals surface area contributed by atoms with Crippen molar-refractivity contribution in [2.24, 2.45) is 0 Å². The minimum atomic E-state index is -0.649. The van der Waals surface area contributed by atoms with Gasteiger partial charge in [-0.2, -0.15) is 4.39 Å². The molecule has 29 heavy (non-hydrogen) atoms. The molecule has 1 atom stereocenters. The summed E-state index contributed by atoms with van der Waals surface area (Å²) in [6, 6.07) is 12.4. The zero-order valence-corrected chi connectivity index (χ0v) is 16.4. The van der Waals surface area contributed by atoms with E-state index in [2.05, 4.69) is 10.3 Å². The van der Waals surface area contributed by atoms with E-state index in [9.17, 15) is 19.4 Å². The summed E-state index contributed by atoms with van der Waals surface area (Å²) in [7, 11) is 0. The highest BCUT2D eigenvalue weighted by molar-refractivity contribution is 6.30. The first kappa shape index (κ1) is 20.9. The number of carbonyl (C=O) groups excluding carboxylic acids is 1. The molecular weight excluding hydrogens is 395 g/mol. The van der Waals surface area contributed by atoms with Gasteiger partial charge >= 0.3 is 0 Å². The molecule has 0 saturated heterocycles. The second-order valence-corrected chi connectivity index (χ2v) is 7.05. The zero-order chi connectivity index (χ0) is 21.0. The summed E-state index contributed by atoms with van der Waals surface area (Å²) in [6.07, 6.45) is 1.43. The molecule has 7 heteroatoms. The Labute approximate surface area is 172 Å². The summed E-state index contributed by atoms with van der Waals surface area (Å²) >= 11 is 5.99. The molecule has 5 nitrogen and oxygen atoms in total. The van der Waals surface area contributed by atoms with Crippen LogP contribution >= 0.6 is 11.6 Å². The van der Waals surface area contributed by atoms with Gasteiger partial charge in [-0.3, -0.25) is 4.79 Å². The number of aliphatic hydroxyl groups is 2. The van der Waals surface area contributed by atoms with Crippen molar-refractivity contribution in [2.75, 3.05) is 6.61 Å². The number of nitrogens with one attached hydrogen (secondary N) is 1. The second kappa shape index (κ2) is 9.13. The number of carbonyl (C=O) groups is 1. The average Bonchev–Trinajstić information content (AvgIpc) is 2.73. The highest BCUT2D eigenvalue weighted by atomic mass is 35.5. The van der Waals surface area contributed by atoms with Gasteiger partial charge in [-0.1, -0.05) is 29.8 Å². The van der Waals surface area contributed by atoms with Crippen LogP contribution in [0.15, 0.2) is 54.7 Å². The van der Waals surface area contributed by atoms with Crippen LogP contribution in [0.1, 0.15) is 33.1 Å². The molecule has 2 aromatic carbocycles. The summed E-state index contributed by atoms with van der Waals surface area (Å²) in [5, 5.41) is 22.7. The molecule has 0 radical (unpaired) electrons. The van der Waals surface area contributed by atoms with Crippen molar-refractivity contribution in [3.63, 3.8) is 0 Å². The van der Waals surface area contributed by atoms with Crippen LogP contribution in [0.4, 0.5) is 4.39 Å². The van der Waals surface area contributed by atoms with Crippen molar-refractivity contribution in [3.05, 3.63) is 88.0 Å². The Morgan fingerprint density at radius 2 is 2.00 bits per heavy atom. The van der Waals surface area contributed by atoms with Crippen molar-refractivity contribution in [2.45, 2.75) is 19.6 Å². The van der Waals surface area contributed by atoms with Crippen LogP contribution in [0.2, 0.25) is 5.02 Å². The number of hydrogen-bond acceptors (Lipinski definition) is 4. The summed E-state index contributed by atoms with van der Waals surface area (Å²) in [5.74, 6) is -1.05. The Kier molecular flexibility index (Phi) is 6.59. The number of aliphatic hydroxyl groups excluding tert-OH is 2. The number of pyridine rings is 1. The highest BCUT2D eigenvalue weighted by Crippen LogP contribution is 2.26. The fraction of sp³-hybridized carbons (Fsp3) is 0.182. The molecule has 0 fully saturated rings. The monoisotopic (exact) mass is 414 g/mol. The molecule has 0 aliphatic heterocycles. The first-order valence-electron chi connectivity index (χ1n) is 8.96. The van der Waals surface area contributed by atoms with Gasteiger partial charge in [0.25, 0.3) is 5.91 Å². The average molecular weight is 415 g/mol. The topological polar surface area (TPSA) is 82.5 Å². The predicted molar refractivity (Wildman–Crippen MR) is 109 cm³/mol. The van der Waals surface area contributed by atoms with Gasteiger partial charge in [0.1, 0.15) is 0 Å². The molecule has 0 aliphatic rings. The van der Waals surface area contributed by atoms with E-state index in [0.717, 1.165) is 5.56 Å². The normalized spacial score (nSPS) is 11.9. The van der Waals surface area contributed by atoms with Crippen LogP contribution in [0, 0.1) is 12.9 Å². The number of nitrogens with zero attached hydrogens (tertiary/aromatic N) is 1. The maximum atomic E-state index is 13.5. The first-order valence-corrected chi connectivity index (χ1v) is 9.34. The van der Waals surface area contributed by atoms with Crippen LogP contribution in [0.3, 0.4) is 0 Å². The molecule has 3 N–H and O–H groups in total. The summed E-state index contributed by atoms with van der Waals surface area (Å²) in [5.41, 5.74) is 3.39. The maximum Gasteiger partial charge on any atom is 0.252 e. The lowest BCUT2D eigenvalue weighted by Gasteiger charge is -2.18. The number of hydrogen-bond donors (Lipinski definition) is 3. The van der Waals surface area contributed by atoms with Gasteiger partial charge in [-0.15, -0.1) is 0 Å². The van der Waals surface area contributed by atoms with Gasteiger partial charge in [0.2, 0.25) is 5.95 Å². The molecule has 1 heterocycles. The van der Waals surface area contributed by atoms with Crippen molar-refractivity contribution >= 4 is 17.5 Å². The summed E-state index contributed by atoms with van der Waals surface area (Å²) < 4.78 is 13.5. The SMILES string of the molecule is Cc1cnc(F)cc1-c1ccc(C(=O)NC(CO)c2cccc(Cl)c2)c(CO)c1. The highest BCUT2D eigenvalue weighted by Gasteiger charge is 2.18. The Bertz CT molecular complexity index is 1040. The lowest BCUT2D eigenvalue weighted by atomic mass is 9.97. The summed E-state index contributed by atoms with van der Waals surface area (Å²) in [4.78, 5) is 16.4. The maximum absolute atomic E-state index is 13.5. The van der Waals surface area contributed by atoms with E-state index in [-0.39, 0.29) is 18.8 Å². The van der Waals surface area contributed by atoms with E-state index >= 15 is 0 Å². The Hall–Kier alpha value is -2.80. The Balaban J connectivity index is 1.90. The molecule has 0 saturated carbocycles. The van der Waals surface area contributed by atoms with E-state index in [1.165, 1.54) is 12.3 Å². The predicted octanol–water partition coefficient (Wildman–Crippen LogP) is 3.81. The van der Waals surface area contributed by atoms with Crippen LogP contribution in [0.5, 0.6) is 0 Å². The van der Waals surface area contributed by atoms with Gasteiger partial charge in [0.05, 0.1) is 19.3 Å². The number of amides is 1. The molecule has 0 bridgehead atoms. The molecule has 1 amide bonds. The first-order chi connectivity index (χ1) is 13.9.